The van der Waals surface area contributed by atoms with Gasteiger partial charge in [-0.1, -0.05) is 0 Å². The lowest BCUT2D eigenvalue weighted by atomic mass is 10.1. The zero-order valence-corrected chi connectivity index (χ0v) is 10.2. The van der Waals surface area contributed by atoms with Gasteiger partial charge in [0, 0.05) is 19.6 Å². The van der Waals surface area contributed by atoms with E-state index >= 15 is 0 Å². The van der Waals surface area contributed by atoms with Gasteiger partial charge in [0.25, 0.3) is 5.95 Å². The van der Waals surface area contributed by atoms with E-state index in [4.69, 9.17) is 4.52 Å². The van der Waals surface area contributed by atoms with Crippen molar-refractivity contribution in [2.24, 2.45) is 0 Å². The van der Waals surface area contributed by atoms with Crippen LogP contribution in [0, 0.1) is 0 Å². The Morgan fingerprint density at radius 2 is 2.11 bits per heavy atom. The first-order valence-corrected chi connectivity index (χ1v) is 6.41. The smallest absolute Gasteiger partial charge is 0.266 e. The number of hydrogen-bond acceptors (Lipinski definition) is 6. The molecule has 0 saturated carbocycles. The van der Waals surface area contributed by atoms with Gasteiger partial charge in [-0.2, -0.15) is 4.98 Å². The second-order valence-electron chi connectivity index (χ2n) is 4.72. The minimum absolute atomic E-state index is 0.00187. The van der Waals surface area contributed by atoms with E-state index in [-0.39, 0.29) is 11.9 Å². The number of nitrogens with zero attached hydrogens (tertiary/aromatic N) is 3. The maximum Gasteiger partial charge on any atom is 0.266 e. The fourth-order valence-corrected chi connectivity index (χ4v) is 2.33. The van der Waals surface area contributed by atoms with Crippen molar-refractivity contribution in [2.45, 2.75) is 25.3 Å². The van der Waals surface area contributed by atoms with Crippen LogP contribution < -0.4 is 15.5 Å². The normalized spacial score (nSPS) is 25.0. The van der Waals surface area contributed by atoms with Gasteiger partial charge < -0.3 is 14.7 Å². The zero-order chi connectivity index (χ0) is 12.4. The first-order chi connectivity index (χ1) is 8.83. The van der Waals surface area contributed by atoms with Gasteiger partial charge >= 0.3 is 0 Å². The Morgan fingerprint density at radius 1 is 1.28 bits per heavy atom. The molecule has 1 unspecified atom stereocenters. The Balaban J connectivity index is 1.67. The van der Waals surface area contributed by atoms with Crippen LogP contribution in [0.15, 0.2) is 4.52 Å². The standard InChI is InChI=1S/C11H17N5O2/c17-9-7-12-8(6-13-9)10-14-11(15-18-10)16-4-2-1-3-5-16/h8,12H,1-7H2,(H,13,17). The lowest BCUT2D eigenvalue weighted by Crippen LogP contribution is -2.47. The molecule has 3 rings (SSSR count). The van der Waals surface area contributed by atoms with E-state index in [1.54, 1.807) is 0 Å². The molecule has 1 aromatic rings. The van der Waals surface area contributed by atoms with Crippen LogP contribution in [0.25, 0.3) is 0 Å². The van der Waals surface area contributed by atoms with Gasteiger partial charge in [0.15, 0.2) is 0 Å². The van der Waals surface area contributed by atoms with Crippen molar-refractivity contribution < 1.29 is 9.32 Å². The van der Waals surface area contributed by atoms with E-state index in [0.29, 0.717) is 24.9 Å². The molecule has 0 bridgehead atoms. The van der Waals surface area contributed by atoms with Gasteiger partial charge in [-0.3, -0.25) is 10.1 Å². The monoisotopic (exact) mass is 251 g/mol. The molecule has 0 radical (unpaired) electrons. The average Bonchev–Trinajstić information content (AvgIpc) is 2.90. The Morgan fingerprint density at radius 3 is 2.83 bits per heavy atom. The highest BCUT2D eigenvalue weighted by atomic mass is 16.5. The molecule has 2 aliphatic rings. The number of amides is 1. The summed E-state index contributed by atoms with van der Waals surface area (Å²) in [5, 5.41) is 9.87. The predicted molar refractivity (Wildman–Crippen MR) is 64.1 cm³/mol. The summed E-state index contributed by atoms with van der Waals surface area (Å²) in [6, 6.07) is -0.0752. The SMILES string of the molecule is O=C1CNC(c2nc(N3CCCCC3)no2)CN1. The summed E-state index contributed by atoms with van der Waals surface area (Å²) in [5.74, 6) is 1.22. The number of carbonyl (C=O) groups excluding carboxylic acids is 1. The van der Waals surface area contributed by atoms with Crippen molar-refractivity contribution in [1.82, 2.24) is 20.8 Å². The fraction of sp³-hybridized carbons (Fsp3) is 0.727. The van der Waals surface area contributed by atoms with Crippen molar-refractivity contribution in [1.29, 1.82) is 0 Å². The highest BCUT2D eigenvalue weighted by Crippen LogP contribution is 2.19. The van der Waals surface area contributed by atoms with Gasteiger partial charge in [0.1, 0.15) is 6.04 Å². The minimum Gasteiger partial charge on any atom is -0.353 e. The predicted octanol–water partition coefficient (Wildman–Crippen LogP) is -0.180. The van der Waals surface area contributed by atoms with Crippen molar-refractivity contribution in [3.05, 3.63) is 5.89 Å². The topological polar surface area (TPSA) is 83.3 Å². The number of nitrogens with one attached hydrogen (secondary N) is 2. The third-order valence-electron chi connectivity index (χ3n) is 3.38. The molecule has 0 spiro atoms. The molecular formula is C11H17N5O2. The average molecular weight is 251 g/mol. The molecule has 98 valence electrons. The highest BCUT2D eigenvalue weighted by molar-refractivity contribution is 5.78. The summed E-state index contributed by atoms with van der Waals surface area (Å²) in [4.78, 5) is 17.6. The molecule has 2 N–H and O–H groups in total. The van der Waals surface area contributed by atoms with E-state index in [0.717, 1.165) is 13.1 Å². The minimum atomic E-state index is -0.0752. The molecule has 2 fully saturated rings. The van der Waals surface area contributed by atoms with Gasteiger partial charge in [-0.15, -0.1) is 0 Å². The van der Waals surface area contributed by atoms with E-state index < -0.39 is 0 Å². The maximum absolute atomic E-state index is 11.0. The van der Waals surface area contributed by atoms with E-state index in [9.17, 15) is 4.79 Å². The van der Waals surface area contributed by atoms with Crippen LogP contribution in [-0.2, 0) is 4.79 Å². The van der Waals surface area contributed by atoms with Gasteiger partial charge in [-0.25, -0.2) is 0 Å². The Kier molecular flexibility index (Phi) is 3.14. The van der Waals surface area contributed by atoms with Crippen molar-refractivity contribution in [3.8, 4) is 0 Å². The molecule has 2 saturated heterocycles. The lowest BCUT2D eigenvalue weighted by Gasteiger charge is -2.24. The van der Waals surface area contributed by atoms with Gasteiger partial charge in [0.2, 0.25) is 11.8 Å². The number of aromatic nitrogens is 2. The van der Waals surface area contributed by atoms with Crippen molar-refractivity contribution >= 4 is 11.9 Å². The summed E-state index contributed by atoms with van der Waals surface area (Å²) >= 11 is 0. The van der Waals surface area contributed by atoms with Gasteiger partial charge in [0.05, 0.1) is 6.54 Å². The molecule has 3 heterocycles. The molecule has 0 aliphatic carbocycles. The molecule has 0 aromatic carbocycles. The molecular weight excluding hydrogens is 234 g/mol. The lowest BCUT2D eigenvalue weighted by molar-refractivity contribution is -0.121. The number of rotatable bonds is 2. The third-order valence-corrected chi connectivity index (χ3v) is 3.38. The summed E-state index contributed by atoms with van der Waals surface area (Å²) in [6.07, 6.45) is 3.64. The molecule has 7 heteroatoms. The second-order valence-corrected chi connectivity index (χ2v) is 4.72. The summed E-state index contributed by atoms with van der Waals surface area (Å²) in [5.41, 5.74) is 0. The first-order valence-electron chi connectivity index (χ1n) is 6.41. The highest BCUT2D eigenvalue weighted by Gasteiger charge is 2.25. The van der Waals surface area contributed by atoms with Crippen LogP contribution in [0.4, 0.5) is 5.95 Å². The Hall–Kier alpha value is -1.63. The first kappa shape index (κ1) is 11.5. The maximum atomic E-state index is 11.0. The van der Waals surface area contributed by atoms with Crippen LogP contribution in [-0.4, -0.2) is 42.2 Å². The van der Waals surface area contributed by atoms with Crippen LogP contribution in [0.1, 0.15) is 31.2 Å². The van der Waals surface area contributed by atoms with E-state index in [1.807, 2.05) is 0 Å². The van der Waals surface area contributed by atoms with Crippen LogP contribution in [0.3, 0.4) is 0 Å². The molecule has 1 amide bonds. The van der Waals surface area contributed by atoms with Crippen LogP contribution >= 0.6 is 0 Å². The summed E-state index contributed by atoms with van der Waals surface area (Å²) < 4.78 is 5.28. The Bertz CT molecular complexity index is 417. The molecule has 7 nitrogen and oxygen atoms in total. The Labute approximate surface area is 105 Å². The molecule has 18 heavy (non-hydrogen) atoms. The summed E-state index contributed by atoms with van der Waals surface area (Å²) in [6.45, 7) is 2.79. The number of piperidine rings is 1. The number of hydrogen-bond donors (Lipinski definition) is 2. The number of piperazine rings is 1. The zero-order valence-electron chi connectivity index (χ0n) is 10.2. The fourth-order valence-electron chi connectivity index (χ4n) is 2.33. The van der Waals surface area contributed by atoms with Crippen LogP contribution in [0.5, 0.6) is 0 Å². The largest absolute Gasteiger partial charge is 0.353 e. The number of anilines is 1. The van der Waals surface area contributed by atoms with Gasteiger partial charge in [-0.05, 0) is 24.4 Å². The summed E-state index contributed by atoms with van der Waals surface area (Å²) in [7, 11) is 0. The van der Waals surface area contributed by atoms with E-state index in [2.05, 4.69) is 25.7 Å². The van der Waals surface area contributed by atoms with Crippen molar-refractivity contribution in [2.75, 3.05) is 31.1 Å². The van der Waals surface area contributed by atoms with E-state index in [1.165, 1.54) is 19.3 Å². The number of carbonyl (C=O) groups is 1. The van der Waals surface area contributed by atoms with Crippen LogP contribution in [0.2, 0.25) is 0 Å². The second kappa shape index (κ2) is 4.93. The molecule has 2 aliphatic heterocycles. The molecule has 1 aromatic heterocycles. The molecule has 1 atom stereocenters. The van der Waals surface area contributed by atoms with Crippen molar-refractivity contribution in [3.63, 3.8) is 0 Å². The third kappa shape index (κ3) is 2.31. The quantitative estimate of drug-likeness (QED) is 0.758.